The molecule has 0 fully saturated rings. The van der Waals surface area contributed by atoms with Gasteiger partial charge in [0.1, 0.15) is 17.3 Å². The fourth-order valence-electron chi connectivity index (χ4n) is 2.20. The van der Waals surface area contributed by atoms with Crippen molar-refractivity contribution < 1.29 is 0 Å². The predicted octanol–water partition coefficient (Wildman–Crippen LogP) is 3.99. The summed E-state index contributed by atoms with van der Waals surface area (Å²) >= 11 is 6.04. The summed E-state index contributed by atoms with van der Waals surface area (Å²) in [5, 5.41) is 0.675. The van der Waals surface area contributed by atoms with Crippen LogP contribution in [-0.4, -0.2) is 9.55 Å². The molecule has 20 heavy (non-hydrogen) atoms. The van der Waals surface area contributed by atoms with E-state index in [-0.39, 0.29) is 0 Å². The van der Waals surface area contributed by atoms with Gasteiger partial charge in [0.25, 0.3) is 0 Å². The number of benzene rings is 2. The largest absolute Gasteiger partial charge is 0.383 e. The van der Waals surface area contributed by atoms with E-state index < -0.39 is 0 Å². The minimum Gasteiger partial charge on any atom is -0.383 e. The van der Waals surface area contributed by atoms with Gasteiger partial charge < -0.3 is 10.3 Å². The van der Waals surface area contributed by atoms with E-state index in [9.17, 15) is 0 Å². The van der Waals surface area contributed by atoms with Crippen LogP contribution in [0.4, 0.5) is 5.82 Å². The zero-order chi connectivity index (χ0) is 14.1. The lowest BCUT2D eigenvalue weighted by molar-refractivity contribution is 0.937. The van der Waals surface area contributed by atoms with Crippen LogP contribution in [0.2, 0.25) is 5.02 Å². The second-order valence-corrected chi connectivity index (χ2v) is 5.04. The first-order valence-corrected chi connectivity index (χ1v) is 6.68. The second kappa shape index (κ2) is 5.02. The predicted molar refractivity (Wildman–Crippen MR) is 83.5 cm³/mol. The molecule has 3 rings (SSSR count). The summed E-state index contributed by atoms with van der Waals surface area (Å²) in [5.74, 6) is 1.48. The average molecular weight is 284 g/mol. The zero-order valence-corrected chi connectivity index (χ0v) is 11.8. The van der Waals surface area contributed by atoms with Crippen molar-refractivity contribution in [2.24, 2.45) is 7.05 Å². The second-order valence-electron chi connectivity index (χ2n) is 4.60. The Bertz CT molecular complexity index is 748. The van der Waals surface area contributed by atoms with Crippen molar-refractivity contribution >= 4 is 17.4 Å². The fourth-order valence-corrected chi connectivity index (χ4v) is 2.40. The van der Waals surface area contributed by atoms with Crippen molar-refractivity contribution in [2.45, 2.75) is 0 Å². The summed E-state index contributed by atoms with van der Waals surface area (Å²) in [6.45, 7) is 0. The van der Waals surface area contributed by atoms with Gasteiger partial charge in [0, 0.05) is 23.2 Å². The summed E-state index contributed by atoms with van der Waals surface area (Å²) in [4.78, 5) is 4.67. The topological polar surface area (TPSA) is 43.8 Å². The van der Waals surface area contributed by atoms with Gasteiger partial charge in [-0.2, -0.15) is 0 Å². The molecular weight excluding hydrogens is 270 g/mol. The molecule has 0 unspecified atom stereocenters. The molecule has 0 saturated carbocycles. The quantitative estimate of drug-likeness (QED) is 0.773. The fraction of sp³-hybridized carbons (Fsp3) is 0.0625. The number of aromatic nitrogens is 2. The molecule has 0 aliphatic rings. The highest BCUT2D eigenvalue weighted by Gasteiger charge is 2.15. The van der Waals surface area contributed by atoms with Crippen LogP contribution in [0.1, 0.15) is 0 Å². The normalized spacial score (nSPS) is 10.7. The van der Waals surface area contributed by atoms with E-state index in [2.05, 4.69) is 4.98 Å². The van der Waals surface area contributed by atoms with Crippen LogP contribution in [-0.2, 0) is 7.05 Å². The molecule has 0 aliphatic heterocycles. The molecule has 2 N–H and O–H groups in total. The van der Waals surface area contributed by atoms with Crippen molar-refractivity contribution in [1.82, 2.24) is 9.55 Å². The Kier molecular flexibility index (Phi) is 3.20. The molecule has 3 aromatic rings. The maximum absolute atomic E-state index is 6.18. The number of nitrogens with zero attached hydrogens (tertiary/aromatic N) is 2. The van der Waals surface area contributed by atoms with Crippen molar-refractivity contribution in [1.29, 1.82) is 0 Å². The van der Waals surface area contributed by atoms with E-state index in [1.165, 1.54) is 0 Å². The summed E-state index contributed by atoms with van der Waals surface area (Å²) in [6.07, 6.45) is 0. The maximum atomic E-state index is 6.18. The Labute approximate surface area is 122 Å². The first kappa shape index (κ1) is 12.8. The Morgan fingerprint density at radius 3 is 2.40 bits per heavy atom. The average Bonchev–Trinajstić information content (AvgIpc) is 2.76. The summed E-state index contributed by atoms with van der Waals surface area (Å²) in [6, 6.07) is 17.5. The van der Waals surface area contributed by atoms with Crippen molar-refractivity contribution in [3.63, 3.8) is 0 Å². The molecule has 1 heterocycles. The highest BCUT2D eigenvalue weighted by atomic mass is 35.5. The van der Waals surface area contributed by atoms with E-state index in [4.69, 9.17) is 17.3 Å². The smallest absolute Gasteiger partial charge is 0.142 e. The molecule has 0 amide bonds. The van der Waals surface area contributed by atoms with E-state index in [0.717, 1.165) is 22.6 Å². The van der Waals surface area contributed by atoms with Gasteiger partial charge >= 0.3 is 0 Å². The van der Waals surface area contributed by atoms with E-state index in [1.807, 2.05) is 66.2 Å². The van der Waals surface area contributed by atoms with Crippen LogP contribution in [0, 0.1) is 0 Å². The van der Waals surface area contributed by atoms with Crippen molar-refractivity contribution in [3.05, 3.63) is 59.6 Å². The van der Waals surface area contributed by atoms with Gasteiger partial charge in [0.15, 0.2) is 0 Å². The van der Waals surface area contributed by atoms with Crippen LogP contribution in [0.5, 0.6) is 0 Å². The molecule has 0 saturated heterocycles. The van der Waals surface area contributed by atoms with Gasteiger partial charge in [-0.3, -0.25) is 0 Å². The number of imidazole rings is 1. The molecule has 0 atom stereocenters. The van der Waals surface area contributed by atoms with Gasteiger partial charge in [-0.15, -0.1) is 0 Å². The van der Waals surface area contributed by atoms with Crippen LogP contribution < -0.4 is 5.73 Å². The van der Waals surface area contributed by atoms with Gasteiger partial charge in [0.2, 0.25) is 0 Å². The third-order valence-corrected chi connectivity index (χ3v) is 3.50. The molecule has 4 heteroatoms. The molecule has 0 aliphatic carbocycles. The lowest BCUT2D eigenvalue weighted by atomic mass is 10.1. The van der Waals surface area contributed by atoms with Gasteiger partial charge in [-0.1, -0.05) is 54.1 Å². The van der Waals surface area contributed by atoms with Crippen LogP contribution in [0.25, 0.3) is 22.6 Å². The summed E-state index contributed by atoms with van der Waals surface area (Å²) < 4.78 is 1.89. The Balaban J connectivity index is 2.16. The number of rotatable bonds is 2. The highest BCUT2D eigenvalue weighted by Crippen LogP contribution is 2.31. The molecule has 2 aromatic carbocycles. The number of halogens is 1. The zero-order valence-electron chi connectivity index (χ0n) is 11.0. The van der Waals surface area contributed by atoms with Crippen LogP contribution in [0.15, 0.2) is 54.6 Å². The number of nitrogens with two attached hydrogens (primary N) is 1. The summed E-state index contributed by atoms with van der Waals surface area (Å²) in [5.41, 5.74) is 8.90. The Hall–Kier alpha value is -2.26. The summed E-state index contributed by atoms with van der Waals surface area (Å²) in [7, 11) is 1.92. The standard InChI is InChI=1S/C16H14ClN3/c1-20-15(18)14(12-8-5-9-13(17)10-12)19-16(20)11-6-3-2-4-7-11/h2-10H,18H2,1H3. The van der Waals surface area contributed by atoms with Gasteiger partial charge in [-0.25, -0.2) is 4.98 Å². The molecule has 3 nitrogen and oxygen atoms in total. The molecule has 0 spiro atoms. The van der Waals surface area contributed by atoms with Crippen LogP contribution >= 0.6 is 11.6 Å². The van der Waals surface area contributed by atoms with E-state index in [0.29, 0.717) is 10.8 Å². The Morgan fingerprint density at radius 2 is 1.70 bits per heavy atom. The van der Waals surface area contributed by atoms with Crippen LogP contribution in [0.3, 0.4) is 0 Å². The highest BCUT2D eigenvalue weighted by molar-refractivity contribution is 6.30. The Morgan fingerprint density at radius 1 is 1.00 bits per heavy atom. The third kappa shape index (κ3) is 2.17. The number of hydrogen-bond acceptors (Lipinski definition) is 2. The van der Waals surface area contributed by atoms with E-state index >= 15 is 0 Å². The lowest BCUT2D eigenvalue weighted by Crippen LogP contribution is -1.98. The number of hydrogen-bond donors (Lipinski definition) is 1. The number of nitrogen functional groups attached to an aromatic ring is 1. The van der Waals surface area contributed by atoms with Crippen molar-refractivity contribution in [2.75, 3.05) is 5.73 Å². The van der Waals surface area contributed by atoms with Gasteiger partial charge in [-0.05, 0) is 12.1 Å². The first-order valence-electron chi connectivity index (χ1n) is 6.30. The minimum absolute atomic E-state index is 0.631. The molecule has 0 bridgehead atoms. The number of anilines is 1. The molecule has 0 radical (unpaired) electrons. The minimum atomic E-state index is 0.631. The third-order valence-electron chi connectivity index (χ3n) is 3.27. The van der Waals surface area contributed by atoms with Gasteiger partial charge in [0.05, 0.1) is 0 Å². The monoisotopic (exact) mass is 283 g/mol. The first-order chi connectivity index (χ1) is 9.66. The maximum Gasteiger partial charge on any atom is 0.142 e. The molecule has 1 aromatic heterocycles. The molecule has 100 valence electrons. The lowest BCUT2D eigenvalue weighted by Gasteiger charge is -2.02. The molecular formula is C16H14ClN3. The SMILES string of the molecule is Cn1c(-c2ccccc2)nc(-c2cccc(Cl)c2)c1N. The van der Waals surface area contributed by atoms with Crippen molar-refractivity contribution in [3.8, 4) is 22.6 Å². The van der Waals surface area contributed by atoms with E-state index in [1.54, 1.807) is 0 Å².